The Morgan fingerprint density at radius 3 is 1.98 bits per heavy atom. The molecule has 0 saturated heterocycles. The van der Waals surface area contributed by atoms with E-state index >= 15 is 0 Å². The third-order valence-corrected chi connectivity index (χ3v) is 6.15. The zero-order chi connectivity index (χ0) is 30.8. The molecule has 3 aromatic rings. The Balaban J connectivity index is 1.53. The van der Waals surface area contributed by atoms with E-state index in [0.29, 0.717) is 30.5 Å². The predicted octanol–water partition coefficient (Wildman–Crippen LogP) is 9.22. The number of benzene rings is 3. The molecule has 0 aromatic heterocycles. The number of allylic oxidation sites excluding steroid dienone is 5. The molecule has 0 bridgehead atoms. The normalized spacial score (nSPS) is 15.0. The average molecular weight is 596 g/mol. The van der Waals surface area contributed by atoms with Gasteiger partial charge in [-0.25, -0.2) is 35.1 Å². The summed E-state index contributed by atoms with van der Waals surface area (Å²) >= 11 is 0. The molecular formula is C31H18F10O. The number of hydrogen-bond donors (Lipinski definition) is 0. The number of ether oxygens (including phenoxy) is 1. The SMILES string of the molecule is C=CCCc1cc(F)c(C2=CCC(C#Cc3cc(F)c(C(F)(F)Oc4cc(F)c(F)c(F)c4)c(F)c3)C(F)=C2)c(F)c1. The molecule has 0 amide bonds. The first-order chi connectivity index (χ1) is 19.8. The third-order valence-electron chi connectivity index (χ3n) is 6.15. The maximum atomic E-state index is 14.8. The summed E-state index contributed by atoms with van der Waals surface area (Å²) in [7, 11) is 0. The lowest BCUT2D eigenvalue weighted by atomic mass is 9.91. The molecule has 0 heterocycles. The summed E-state index contributed by atoms with van der Waals surface area (Å²) in [5, 5.41) is 0. The van der Waals surface area contributed by atoms with Crippen LogP contribution < -0.4 is 4.74 Å². The minimum absolute atomic E-state index is 0.0657. The molecule has 0 aliphatic heterocycles. The van der Waals surface area contributed by atoms with Crippen LogP contribution in [0.15, 0.2) is 67.0 Å². The molecule has 0 saturated carbocycles. The molecule has 1 aliphatic carbocycles. The van der Waals surface area contributed by atoms with Crippen molar-refractivity contribution in [2.45, 2.75) is 25.4 Å². The number of aryl methyl sites for hydroxylation is 1. The minimum Gasteiger partial charge on any atom is -0.429 e. The topological polar surface area (TPSA) is 9.23 Å². The molecule has 1 aliphatic rings. The van der Waals surface area contributed by atoms with Gasteiger partial charge in [0, 0.05) is 17.7 Å². The summed E-state index contributed by atoms with van der Waals surface area (Å²) in [6.07, 6.45) is -0.295. The highest BCUT2D eigenvalue weighted by Gasteiger charge is 2.41. The second-order valence-electron chi connectivity index (χ2n) is 9.14. The van der Waals surface area contributed by atoms with Crippen molar-refractivity contribution in [2.75, 3.05) is 0 Å². The van der Waals surface area contributed by atoms with Crippen molar-refractivity contribution in [3.8, 4) is 17.6 Å². The number of alkyl halides is 2. The fourth-order valence-electron chi connectivity index (χ4n) is 4.17. The van der Waals surface area contributed by atoms with Crippen LogP contribution in [0, 0.1) is 58.5 Å². The van der Waals surface area contributed by atoms with E-state index in [9.17, 15) is 43.9 Å². The van der Waals surface area contributed by atoms with Crippen molar-refractivity contribution in [1.29, 1.82) is 0 Å². The Morgan fingerprint density at radius 2 is 1.43 bits per heavy atom. The molecule has 0 N–H and O–H groups in total. The summed E-state index contributed by atoms with van der Waals surface area (Å²) in [6.45, 7) is 3.54. The largest absolute Gasteiger partial charge is 0.432 e. The van der Waals surface area contributed by atoms with Gasteiger partial charge in [-0.15, -0.1) is 6.58 Å². The molecule has 1 unspecified atom stereocenters. The average Bonchev–Trinajstić information content (AvgIpc) is 2.89. The van der Waals surface area contributed by atoms with Gasteiger partial charge >= 0.3 is 6.11 Å². The fourth-order valence-corrected chi connectivity index (χ4v) is 4.17. The van der Waals surface area contributed by atoms with Crippen molar-refractivity contribution in [1.82, 2.24) is 0 Å². The molecule has 11 heteroatoms. The van der Waals surface area contributed by atoms with E-state index in [1.807, 2.05) is 0 Å². The molecule has 0 spiro atoms. The van der Waals surface area contributed by atoms with Crippen LogP contribution in [0.1, 0.15) is 35.1 Å². The van der Waals surface area contributed by atoms with Crippen LogP contribution >= 0.6 is 0 Å². The van der Waals surface area contributed by atoms with Crippen LogP contribution in [0.3, 0.4) is 0 Å². The van der Waals surface area contributed by atoms with Gasteiger partial charge < -0.3 is 4.74 Å². The molecule has 1 nitrogen and oxygen atoms in total. The van der Waals surface area contributed by atoms with Gasteiger partial charge in [0.1, 0.15) is 40.4 Å². The smallest absolute Gasteiger partial charge is 0.429 e. The highest BCUT2D eigenvalue weighted by molar-refractivity contribution is 5.76. The van der Waals surface area contributed by atoms with Crippen LogP contribution in [0.5, 0.6) is 5.75 Å². The standard InChI is InChI=1S/C31H18F10O/c1-2-3-4-16-9-22(33)28(23(34)10-16)19-8-7-18(21(32)13-19)6-5-17-11-24(35)29(25(36)12-17)31(40,41)42-20-14-26(37)30(39)27(38)15-20/h2,8-15,18H,1,3-4,7H2. The van der Waals surface area contributed by atoms with Crippen LogP contribution in [0.25, 0.3) is 5.57 Å². The zero-order valence-corrected chi connectivity index (χ0v) is 21.3. The maximum Gasteiger partial charge on any atom is 0.432 e. The summed E-state index contributed by atoms with van der Waals surface area (Å²) in [4.78, 5) is 0. The second kappa shape index (κ2) is 12.2. The quantitative estimate of drug-likeness (QED) is 0.114. The molecule has 1 atom stereocenters. The van der Waals surface area contributed by atoms with Gasteiger partial charge in [0.15, 0.2) is 17.5 Å². The predicted molar refractivity (Wildman–Crippen MR) is 134 cm³/mol. The van der Waals surface area contributed by atoms with Crippen LogP contribution in [-0.4, -0.2) is 0 Å². The minimum atomic E-state index is -4.79. The van der Waals surface area contributed by atoms with Gasteiger partial charge in [0.05, 0.1) is 11.5 Å². The molecule has 218 valence electrons. The van der Waals surface area contributed by atoms with Crippen LogP contribution in [0.2, 0.25) is 0 Å². The summed E-state index contributed by atoms with van der Waals surface area (Å²) < 4.78 is 146. The highest BCUT2D eigenvalue weighted by Crippen LogP contribution is 2.37. The van der Waals surface area contributed by atoms with E-state index in [0.717, 1.165) is 18.2 Å². The summed E-state index contributed by atoms with van der Waals surface area (Å²) in [6, 6.07) is 3.21. The maximum absolute atomic E-state index is 14.8. The van der Waals surface area contributed by atoms with E-state index in [1.54, 1.807) is 6.08 Å². The van der Waals surface area contributed by atoms with E-state index in [-0.39, 0.29) is 24.1 Å². The Bertz CT molecular complexity index is 1610. The Hall–Kier alpha value is -4.46. The van der Waals surface area contributed by atoms with Crippen molar-refractivity contribution in [3.63, 3.8) is 0 Å². The summed E-state index contributed by atoms with van der Waals surface area (Å²) in [5.41, 5.74) is -2.51. The third kappa shape index (κ3) is 6.54. The zero-order valence-electron chi connectivity index (χ0n) is 21.3. The lowest BCUT2D eigenvalue weighted by Gasteiger charge is -2.19. The molecule has 0 radical (unpaired) electrons. The first-order valence-corrected chi connectivity index (χ1v) is 12.2. The van der Waals surface area contributed by atoms with E-state index in [2.05, 4.69) is 23.2 Å². The van der Waals surface area contributed by atoms with Crippen LogP contribution in [-0.2, 0) is 12.5 Å². The van der Waals surface area contributed by atoms with Gasteiger partial charge in [-0.3, -0.25) is 0 Å². The Kier molecular flexibility index (Phi) is 8.85. The van der Waals surface area contributed by atoms with E-state index in [4.69, 9.17) is 0 Å². The van der Waals surface area contributed by atoms with E-state index < -0.39 is 81.0 Å². The van der Waals surface area contributed by atoms with Gasteiger partial charge in [-0.2, -0.15) is 8.78 Å². The van der Waals surface area contributed by atoms with Crippen molar-refractivity contribution in [2.24, 2.45) is 5.92 Å². The number of rotatable bonds is 7. The lowest BCUT2D eigenvalue weighted by Crippen LogP contribution is -2.25. The number of halogens is 10. The Morgan fingerprint density at radius 1 is 0.833 bits per heavy atom. The van der Waals surface area contributed by atoms with Gasteiger partial charge in [-0.05, 0) is 60.7 Å². The molecule has 0 fully saturated rings. The molecule has 4 rings (SSSR count). The number of hydrogen-bond acceptors (Lipinski definition) is 1. The van der Waals surface area contributed by atoms with Gasteiger partial charge in [0.25, 0.3) is 0 Å². The first-order valence-electron chi connectivity index (χ1n) is 12.2. The molecule has 42 heavy (non-hydrogen) atoms. The van der Waals surface area contributed by atoms with Crippen LogP contribution in [0.4, 0.5) is 43.9 Å². The monoisotopic (exact) mass is 596 g/mol. The van der Waals surface area contributed by atoms with Crippen molar-refractivity contribution >= 4 is 5.57 Å². The Labute approximate surface area is 233 Å². The summed E-state index contributed by atoms with van der Waals surface area (Å²) in [5.74, 6) is -9.86. The molecular weight excluding hydrogens is 578 g/mol. The fraction of sp³-hybridized carbons (Fsp3) is 0.161. The molecule has 3 aromatic carbocycles. The first kappa shape index (κ1) is 30.5. The van der Waals surface area contributed by atoms with Crippen molar-refractivity contribution < 1.29 is 48.6 Å². The van der Waals surface area contributed by atoms with Gasteiger partial charge in [-0.1, -0.05) is 24.0 Å². The van der Waals surface area contributed by atoms with E-state index in [1.165, 1.54) is 6.08 Å². The second-order valence-corrected chi connectivity index (χ2v) is 9.14. The highest BCUT2D eigenvalue weighted by atomic mass is 19.3. The van der Waals surface area contributed by atoms with Crippen molar-refractivity contribution in [3.05, 3.63) is 130 Å². The van der Waals surface area contributed by atoms with Gasteiger partial charge in [0.2, 0.25) is 0 Å². The lowest BCUT2D eigenvalue weighted by molar-refractivity contribution is -0.189.